The monoisotopic (exact) mass is 368 g/mol. The van der Waals surface area contributed by atoms with E-state index >= 15 is 0 Å². The fourth-order valence-electron chi connectivity index (χ4n) is 3.18. The minimum atomic E-state index is 0.522. The van der Waals surface area contributed by atoms with Crippen LogP contribution in [0.3, 0.4) is 0 Å². The summed E-state index contributed by atoms with van der Waals surface area (Å²) in [6.45, 7) is 0.553. The van der Waals surface area contributed by atoms with Gasteiger partial charge < -0.3 is 4.74 Å². The molecule has 7 heteroatoms. The van der Waals surface area contributed by atoms with Crippen molar-refractivity contribution in [1.82, 2.24) is 29.9 Å². The molecule has 0 saturated carbocycles. The molecule has 0 spiro atoms. The zero-order valence-corrected chi connectivity index (χ0v) is 15.1. The minimum absolute atomic E-state index is 0.522. The highest BCUT2D eigenvalue weighted by atomic mass is 16.5. The van der Waals surface area contributed by atoms with E-state index in [2.05, 4.69) is 26.3 Å². The molecule has 0 amide bonds. The molecule has 3 aromatic heterocycles. The summed E-state index contributed by atoms with van der Waals surface area (Å²) in [5.74, 6) is 0.774. The molecule has 0 radical (unpaired) electrons. The van der Waals surface area contributed by atoms with Gasteiger partial charge in [0.25, 0.3) is 0 Å². The summed E-state index contributed by atoms with van der Waals surface area (Å²) in [4.78, 5) is 13.5. The van der Waals surface area contributed by atoms with E-state index in [1.165, 1.54) is 0 Å². The minimum Gasteiger partial charge on any atom is -0.497 e. The third-order valence-corrected chi connectivity index (χ3v) is 4.59. The highest BCUT2D eigenvalue weighted by molar-refractivity contribution is 5.79. The van der Waals surface area contributed by atoms with Gasteiger partial charge in [0.15, 0.2) is 5.65 Å². The van der Waals surface area contributed by atoms with Gasteiger partial charge in [0.2, 0.25) is 5.65 Å². The predicted molar refractivity (Wildman–Crippen MR) is 106 cm³/mol. The first-order chi connectivity index (χ1) is 13.8. The molecule has 3 heterocycles. The molecule has 0 aliphatic carbocycles. The van der Waals surface area contributed by atoms with E-state index in [1.807, 2.05) is 48.5 Å². The van der Waals surface area contributed by atoms with Gasteiger partial charge in [0, 0.05) is 17.1 Å². The SMILES string of the molecule is COc1cccc(-c2cnc3nnn(Cc4ccc5ncccc5c4)c3n2)c1. The van der Waals surface area contributed by atoms with Crippen LogP contribution in [0.4, 0.5) is 0 Å². The fraction of sp³-hybridized carbons (Fsp3) is 0.0952. The molecular weight excluding hydrogens is 352 g/mol. The van der Waals surface area contributed by atoms with Crippen LogP contribution in [0.15, 0.2) is 67.0 Å². The van der Waals surface area contributed by atoms with Crippen LogP contribution in [0.2, 0.25) is 0 Å². The summed E-state index contributed by atoms with van der Waals surface area (Å²) in [6.07, 6.45) is 3.50. The van der Waals surface area contributed by atoms with Gasteiger partial charge in [-0.3, -0.25) is 4.98 Å². The average Bonchev–Trinajstić information content (AvgIpc) is 3.15. The first-order valence-corrected chi connectivity index (χ1v) is 8.84. The van der Waals surface area contributed by atoms with Gasteiger partial charge in [0.1, 0.15) is 5.75 Å². The molecule has 28 heavy (non-hydrogen) atoms. The van der Waals surface area contributed by atoms with Crippen LogP contribution in [0, 0.1) is 0 Å². The summed E-state index contributed by atoms with van der Waals surface area (Å²) >= 11 is 0. The number of benzene rings is 2. The Kier molecular flexibility index (Phi) is 3.90. The Morgan fingerprint density at radius 2 is 1.96 bits per heavy atom. The molecule has 5 rings (SSSR count). The Morgan fingerprint density at radius 1 is 1.00 bits per heavy atom. The van der Waals surface area contributed by atoms with Crippen molar-refractivity contribution in [3.05, 3.63) is 72.6 Å². The first-order valence-electron chi connectivity index (χ1n) is 8.84. The molecule has 136 valence electrons. The van der Waals surface area contributed by atoms with E-state index in [0.29, 0.717) is 17.8 Å². The van der Waals surface area contributed by atoms with Gasteiger partial charge in [0.05, 0.1) is 31.1 Å². The van der Waals surface area contributed by atoms with Crippen LogP contribution < -0.4 is 4.74 Å². The third kappa shape index (κ3) is 2.92. The van der Waals surface area contributed by atoms with Gasteiger partial charge in [-0.05, 0) is 35.9 Å². The lowest BCUT2D eigenvalue weighted by Gasteiger charge is -2.06. The highest BCUT2D eigenvalue weighted by Gasteiger charge is 2.11. The van der Waals surface area contributed by atoms with Gasteiger partial charge in [-0.15, -0.1) is 5.10 Å². The second kappa shape index (κ2) is 6.70. The van der Waals surface area contributed by atoms with Crippen molar-refractivity contribution in [3.8, 4) is 17.0 Å². The Bertz CT molecular complexity index is 1300. The topological polar surface area (TPSA) is 78.6 Å². The molecule has 0 N–H and O–H groups in total. The summed E-state index contributed by atoms with van der Waals surface area (Å²) in [6, 6.07) is 17.9. The number of pyridine rings is 1. The van der Waals surface area contributed by atoms with Crippen LogP contribution in [-0.4, -0.2) is 37.1 Å². The van der Waals surface area contributed by atoms with Crippen LogP contribution in [0.5, 0.6) is 5.75 Å². The average molecular weight is 368 g/mol. The van der Waals surface area contributed by atoms with Crippen molar-refractivity contribution in [2.24, 2.45) is 0 Å². The third-order valence-electron chi connectivity index (χ3n) is 4.59. The maximum absolute atomic E-state index is 5.30. The van der Waals surface area contributed by atoms with Crippen molar-refractivity contribution in [2.45, 2.75) is 6.54 Å². The Labute approximate surface area is 160 Å². The number of hydrogen-bond donors (Lipinski definition) is 0. The predicted octanol–water partition coefficient (Wildman–Crippen LogP) is 3.49. The summed E-state index contributed by atoms with van der Waals surface area (Å²) in [5, 5.41) is 9.48. The number of nitrogens with zero attached hydrogens (tertiary/aromatic N) is 6. The normalized spacial score (nSPS) is 11.2. The summed E-state index contributed by atoms with van der Waals surface area (Å²) in [7, 11) is 1.64. The van der Waals surface area contributed by atoms with Crippen LogP contribution in [-0.2, 0) is 6.54 Å². The zero-order valence-electron chi connectivity index (χ0n) is 15.1. The molecule has 0 saturated heterocycles. The van der Waals surface area contributed by atoms with Crippen LogP contribution in [0.25, 0.3) is 33.5 Å². The lowest BCUT2D eigenvalue weighted by molar-refractivity contribution is 0.415. The largest absolute Gasteiger partial charge is 0.497 e. The maximum atomic E-state index is 5.30. The van der Waals surface area contributed by atoms with Gasteiger partial charge in [-0.25, -0.2) is 14.6 Å². The van der Waals surface area contributed by atoms with Crippen molar-refractivity contribution >= 4 is 22.2 Å². The van der Waals surface area contributed by atoms with E-state index in [0.717, 1.165) is 33.5 Å². The van der Waals surface area contributed by atoms with E-state index in [9.17, 15) is 0 Å². The molecule has 0 aliphatic heterocycles. The lowest BCUT2D eigenvalue weighted by atomic mass is 10.1. The molecular formula is C21H16N6O. The van der Waals surface area contributed by atoms with E-state index in [1.54, 1.807) is 24.2 Å². The number of rotatable bonds is 4. The molecule has 2 aromatic carbocycles. The van der Waals surface area contributed by atoms with Crippen LogP contribution >= 0.6 is 0 Å². The highest BCUT2D eigenvalue weighted by Crippen LogP contribution is 2.23. The molecule has 0 bridgehead atoms. The number of methoxy groups -OCH3 is 1. The Morgan fingerprint density at radius 3 is 2.89 bits per heavy atom. The Hall–Kier alpha value is -3.87. The maximum Gasteiger partial charge on any atom is 0.221 e. The van der Waals surface area contributed by atoms with Crippen molar-refractivity contribution in [1.29, 1.82) is 0 Å². The fourth-order valence-corrected chi connectivity index (χ4v) is 3.18. The summed E-state index contributed by atoms with van der Waals surface area (Å²) in [5.41, 5.74) is 4.91. The first kappa shape index (κ1) is 16.3. The standard InChI is InChI=1S/C21H16N6O/c1-28-17-6-2-4-16(11-17)19-12-23-20-21(24-19)27(26-25-20)13-14-7-8-18-15(10-14)5-3-9-22-18/h2-12H,13H2,1H3. The molecule has 7 nitrogen and oxygen atoms in total. The number of ether oxygens (including phenoxy) is 1. The summed E-state index contributed by atoms with van der Waals surface area (Å²) < 4.78 is 7.07. The Balaban J connectivity index is 1.54. The van der Waals surface area contributed by atoms with Crippen molar-refractivity contribution in [2.75, 3.05) is 7.11 Å². The van der Waals surface area contributed by atoms with E-state index in [-0.39, 0.29) is 0 Å². The number of aromatic nitrogens is 6. The second-order valence-corrected chi connectivity index (χ2v) is 6.41. The molecule has 0 fully saturated rings. The smallest absolute Gasteiger partial charge is 0.221 e. The number of fused-ring (bicyclic) bond motifs is 2. The molecule has 0 aliphatic rings. The molecule has 0 unspecified atom stereocenters. The van der Waals surface area contributed by atoms with Crippen LogP contribution in [0.1, 0.15) is 5.56 Å². The van der Waals surface area contributed by atoms with Crippen molar-refractivity contribution in [3.63, 3.8) is 0 Å². The molecule has 0 atom stereocenters. The molecule has 5 aromatic rings. The van der Waals surface area contributed by atoms with Gasteiger partial charge >= 0.3 is 0 Å². The quantitative estimate of drug-likeness (QED) is 0.483. The second-order valence-electron chi connectivity index (χ2n) is 6.41. The van der Waals surface area contributed by atoms with Crippen molar-refractivity contribution < 1.29 is 4.74 Å². The van der Waals surface area contributed by atoms with Gasteiger partial charge in [-0.1, -0.05) is 29.5 Å². The number of hydrogen-bond acceptors (Lipinski definition) is 6. The van der Waals surface area contributed by atoms with E-state index < -0.39 is 0 Å². The lowest BCUT2D eigenvalue weighted by Crippen LogP contribution is -2.03. The zero-order chi connectivity index (χ0) is 18.9. The van der Waals surface area contributed by atoms with Gasteiger partial charge in [-0.2, -0.15) is 0 Å². The van der Waals surface area contributed by atoms with E-state index in [4.69, 9.17) is 9.72 Å².